The molecule has 4 heteroatoms. The van der Waals surface area contributed by atoms with Crippen molar-refractivity contribution in [3.05, 3.63) is 30.1 Å². The first-order valence-electron chi connectivity index (χ1n) is 7.77. The van der Waals surface area contributed by atoms with E-state index in [0.717, 1.165) is 11.7 Å². The lowest BCUT2D eigenvalue weighted by Crippen LogP contribution is -2.43. The van der Waals surface area contributed by atoms with Crippen molar-refractivity contribution in [1.29, 1.82) is 0 Å². The average molecular weight is 289 g/mol. The number of rotatable bonds is 3. The van der Waals surface area contributed by atoms with Crippen LogP contribution in [0.3, 0.4) is 0 Å². The molecule has 2 aliphatic rings. The molecule has 1 aliphatic carbocycles. The van der Waals surface area contributed by atoms with Crippen molar-refractivity contribution < 1.29 is 0 Å². The maximum absolute atomic E-state index is 4.85. The molecule has 2 fully saturated rings. The van der Waals surface area contributed by atoms with Crippen molar-refractivity contribution in [3.63, 3.8) is 0 Å². The quantitative estimate of drug-likeness (QED) is 0.849. The molecule has 0 spiro atoms. The largest absolute Gasteiger partial charge is 0.348 e. The maximum atomic E-state index is 4.85. The molecule has 1 aromatic heterocycles. The van der Waals surface area contributed by atoms with Gasteiger partial charge in [0.15, 0.2) is 5.17 Å². The van der Waals surface area contributed by atoms with Crippen molar-refractivity contribution in [2.75, 3.05) is 12.3 Å². The van der Waals surface area contributed by atoms with Crippen LogP contribution in [-0.4, -0.2) is 33.4 Å². The van der Waals surface area contributed by atoms with Gasteiger partial charge in [-0.25, -0.2) is 0 Å². The molecule has 1 aliphatic heterocycles. The zero-order valence-corrected chi connectivity index (χ0v) is 12.8. The zero-order chi connectivity index (χ0) is 13.6. The zero-order valence-electron chi connectivity index (χ0n) is 12.0. The molecule has 0 aromatic carbocycles. The van der Waals surface area contributed by atoms with Gasteiger partial charge in [0.25, 0.3) is 0 Å². The van der Waals surface area contributed by atoms with Crippen LogP contribution in [0, 0.1) is 0 Å². The predicted molar refractivity (Wildman–Crippen MR) is 86.0 cm³/mol. The fraction of sp³-hybridized carbons (Fsp3) is 0.625. The van der Waals surface area contributed by atoms with Gasteiger partial charge in [0, 0.05) is 24.5 Å². The van der Waals surface area contributed by atoms with Gasteiger partial charge >= 0.3 is 0 Å². The van der Waals surface area contributed by atoms with E-state index in [4.69, 9.17) is 4.99 Å². The fourth-order valence-electron chi connectivity index (χ4n) is 3.09. The molecule has 20 heavy (non-hydrogen) atoms. The van der Waals surface area contributed by atoms with Gasteiger partial charge in [-0.2, -0.15) is 0 Å². The summed E-state index contributed by atoms with van der Waals surface area (Å²) in [5.74, 6) is 1.21. The number of aliphatic imine (C=N–C) groups is 1. The van der Waals surface area contributed by atoms with E-state index in [9.17, 15) is 0 Å². The van der Waals surface area contributed by atoms with Gasteiger partial charge in [-0.3, -0.25) is 9.98 Å². The molecule has 0 amide bonds. The minimum Gasteiger partial charge on any atom is -0.348 e. The van der Waals surface area contributed by atoms with Crippen LogP contribution in [0.2, 0.25) is 0 Å². The first-order chi connectivity index (χ1) is 9.93. The highest BCUT2D eigenvalue weighted by molar-refractivity contribution is 8.13. The van der Waals surface area contributed by atoms with Crippen molar-refractivity contribution in [2.24, 2.45) is 4.99 Å². The molecule has 2 heterocycles. The van der Waals surface area contributed by atoms with Crippen LogP contribution in [-0.2, 0) is 6.54 Å². The lowest BCUT2D eigenvalue weighted by molar-refractivity contribution is 0.245. The molecular formula is C16H23N3S. The maximum Gasteiger partial charge on any atom is 0.159 e. The Morgan fingerprint density at radius 2 is 2.10 bits per heavy atom. The highest BCUT2D eigenvalue weighted by Gasteiger charge is 2.26. The van der Waals surface area contributed by atoms with Gasteiger partial charge in [0.05, 0.1) is 12.2 Å². The Hall–Kier alpha value is -1.03. The minimum atomic E-state index is 0.715. The molecule has 3 rings (SSSR count). The number of hydrogen-bond donors (Lipinski definition) is 0. The van der Waals surface area contributed by atoms with Crippen LogP contribution >= 0.6 is 11.8 Å². The Bertz CT molecular complexity index is 440. The summed E-state index contributed by atoms with van der Waals surface area (Å²) in [5, 5.41) is 1.26. The topological polar surface area (TPSA) is 28.5 Å². The van der Waals surface area contributed by atoms with Crippen LogP contribution in [0.25, 0.3) is 0 Å². The SMILES string of the molecule is c1ccc(CN=C2SCCCN2C2CCCCC2)nc1. The minimum absolute atomic E-state index is 0.715. The van der Waals surface area contributed by atoms with Crippen molar-refractivity contribution >= 4 is 16.9 Å². The number of amidine groups is 1. The fourth-order valence-corrected chi connectivity index (χ4v) is 4.10. The highest BCUT2D eigenvalue weighted by Crippen LogP contribution is 2.28. The standard InChI is InChI=1S/C16H23N3S/c1-2-8-15(9-3-1)19-11-6-12-20-16(19)18-13-14-7-4-5-10-17-14/h4-5,7,10,15H,1-3,6,8-9,11-13H2. The summed E-state index contributed by atoms with van der Waals surface area (Å²) in [6, 6.07) is 6.79. The second kappa shape index (κ2) is 7.11. The summed E-state index contributed by atoms with van der Waals surface area (Å²) in [4.78, 5) is 11.8. The van der Waals surface area contributed by atoms with E-state index in [1.807, 2.05) is 30.1 Å². The van der Waals surface area contributed by atoms with Crippen molar-refractivity contribution in [3.8, 4) is 0 Å². The summed E-state index contributed by atoms with van der Waals surface area (Å²) >= 11 is 1.93. The van der Waals surface area contributed by atoms with E-state index in [1.165, 1.54) is 56.0 Å². The summed E-state index contributed by atoms with van der Waals surface area (Å²) in [6.07, 6.45) is 10.0. The lowest BCUT2D eigenvalue weighted by atomic mass is 9.94. The third kappa shape index (κ3) is 3.54. The second-order valence-electron chi connectivity index (χ2n) is 5.61. The monoisotopic (exact) mass is 289 g/mol. The molecule has 1 saturated carbocycles. The number of pyridine rings is 1. The molecule has 0 bridgehead atoms. The average Bonchev–Trinajstić information content (AvgIpc) is 2.55. The Balaban J connectivity index is 1.68. The van der Waals surface area contributed by atoms with Gasteiger partial charge in [-0.1, -0.05) is 37.1 Å². The third-order valence-corrected chi connectivity index (χ3v) is 5.25. The van der Waals surface area contributed by atoms with Crippen LogP contribution in [0.4, 0.5) is 0 Å². The van der Waals surface area contributed by atoms with E-state index in [0.29, 0.717) is 6.54 Å². The molecule has 3 nitrogen and oxygen atoms in total. The van der Waals surface area contributed by atoms with Crippen LogP contribution in [0.1, 0.15) is 44.2 Å². The van der Waals surface area contributed by atoms with Gasteiger partial charge in [-0.15, -0.1) is 0 Å². The number of thioether (sulfide) groups is 1. The van der Waals surface area contributed by atoms with Crippen molar-refractivity contribution in [1.82, 2.24) is 9.88 Å². The van der Waals surface area contributed by atoms with E-state index >= 15 is 0 Å². The molecular weight excluding hydrogens is 266 g/mol. The Morgan fingerprint density at radius 1 is 1.20 bits per heavy atom. The summed E-state index contributed by atoms with van der Waals surface area (Å²) in [7, 11) is 0. The Kier molecular flexibility index (Phi) is 4.96. The number of nitrogens with zero attached hydrogens (tertiary/aromatic N) is 3. The van der Waals surface area contributed by atoms with Gasteiger partial charge in [0.1, 0.15) is 0 Å². The molecule has 1 aromatic rings. The predicted octanol–water partition coefficient (Wildman–Crippen LogP) is 3.71. The Labute approximate surface area is 125 Å². The lowest BCUT2D eigenvalue weighted by Gasteiger charge is -2.38. The van der Waals surface area contributed by atoms with E-state index in [2.05, 4.69) is 16.0 Å². The molecule has 0 atom stereocenters. The van der Waals surface area contributed by atoms with Crippen LogP contribution in [0.15, 0.2) is 29.4 Å². The number of hydrogen-bond acceptors (Lipinski definition) is 3. The highest BCUT2D eigenvalue weighted by atomic mass is 32.2. The smallest absolute Gasteiger partial charge is 0.159 e. The van der Waals surface area contributed by atoms with Gasteiger partial charge in [0.2, 0.25) is 0 Å². The number of aromatic nitrogens is 1. The molecule has 108 valence electrons. The van der Waals surface area contributed by atoms with Crippen LogP contribution < -0.4 is 0 Å². The molecule has 0 radical (unpaired) electrons. The molecule has 0 N–H and O–H groups in total. The van der Waals surface area contributed by atoms with E-state index < -0.39 is 0 Å². The van der Waals surface area contributed by atoms with Gasteiger partial charge < -0.3 is 4.90 Å². The van der Waals surface area contributed by atoms with E-state index in [-0.39, 0.29) is 0 Å². The molecule has 0 unspecified atom stereocenters. The summed E-state index contributed by atoms with van der Waals surface area (Å²) in [6.45, 7) is 1.91. The second-order valence-corrected chi connectivity index (χ2v) is 6.67. The first kappa shape index (κ1) is 13.9. The third-order valence-electron chi connectivity index (χ3n) is 4.14. The summed E-state index contributed by atoms with van der Waals surface area (Å²) < 4.78 is 0. The first-order valence-corrected chi connectivity index (χ1v) is 8.76. The van der Waals surface area contributed by atoms with Crippen LogP contribution in [0.5, 0.6) is 0 Å². The Morgan fingerprint density at radius 3 is 2.90 bits per heavy atom. The van der Waals surface area contributed by atoms with Gasteiger partial charge in [-0.05, 0) is 31.4 Å². The van der Waals surface area contributed by atoms with E-state index in [1.54, 1.807) is 0 Å². The molecule has 1 saturated heterocycles. The normalized spacial score (nSPS) is 23.2. The van der Waals surface area contributed by atoms with Crippen molar-refractivity contribution in [2.45, 2.75) is 51.1 Å². The summed E-state index contributed by atoms with van der Waals surface area (Å²) in [5.41, 5.74) is 1.06.